The lowest BCUT2D eigenvalue weighted by Gasteiger charge is -2.19. The predicted octanol–water partition coefficient (Wildman–Crippen LogP) is 1.42. The van der Waals surface area contributed by atoms with Crippen LogP contribution < -0.4 is 10.1 Å². The van der Waals surface area contributed by atoms with E-state index in [1.54, 1.807) is 19.2 Å². The maximum absolute atomic E-state index is 12.4. The van der Waals surface area contributed by atoms with Gasteiger partial charge in [-0.2, -0.15) is 0 Å². The van der Waals surface area contributed by atoms with Crippen molar-refractivity contribution < 1.29 is 28.7 Å². The number of nitrogens with one attached hydrogen (secondary N) is 1. The third kappa shape index (κ3) is 5.13. The molecule has 2 fully saturated rings. The van der Waals surface area contributed by atoms with Crippen LogP contribution in [0.1, 0.15) is 37.7 Å². The van der Waals surface area contributed by atoms with Gasteiger partial charge in [-0.05, 0) is 30.5 Å². The zero-order valence-electron chi connectivity index (χ0n) is 16.5. The first-order chi connectivity index (χ1) is 14.0. The SMILES string of the molecule is COc1ccc(CNC(=O)COC(=O)CCN2C(=O)[C@@H]3CCCC[C@H]3C2=O)cc1. The molecule has 3 amide bonds. The molecule has 156 valence electrons. The van der Waals surface area contributed by atoms with Crippen molar-refractivity contribution in [3.05, 3.63) is 29.8 Å². The number of nitrogens with zero attached hydrogens (tertiary/aromatic N) is 1. The number of likely N-dealkylation sites (tertiary alicyclic amines) is 1. The van der Waals surface area contributed by atoms with Crippen molar-refractivity contribution in [1.29, 1.82) is 0 Å². The number of carbonyl (C=O) groups is 4. The van der Waals surface area contributed by atoms with Crippen LogP contribution in [0.5, 0.6) is 5.75 Å². The molecule has 2 aliphatic rings. The summed E-state index contributed by atoms with van der Waals surface area (Å²) < 4.78 is 10.0. The number of fused-ring (bicyclic) bond motifs is 1. The van der Waals surface area contributed by atoms with Crippen LogP contribution in [0.15, 0.2) is 24.3 Å². The smallest absolute Gasteiger partial charge is 0.308 e. The zero-order valence-corrected chi connectivity index (χ0v) is 16.5. The second-order valence-corrected chi connectivity index (χ2v) is 7.36. The quantitative estimate of drug-likeness (QED) is 0.521. The Morgan fingerprint density at radius 1 is 1.07 bits per heavy atom. The van der Waals surface area contributed by atoms with E-state index in [-0.39, 0.29) is 36.6 Å². The highest BCUT2D eigenvalue weighted by Gasteiger charge is 2.47. The van der Waals surface area contributed by atoms with Gasteiger partial charge in [-0.25, -0.2) is 0 Å². The Hall–Kier alpha value is -2.90. The van der Waals surface area contributed by atoms with E-state index in [0.717, 1.165) is 37.0 Å². The molecule has 1 heterocycles. The molecule has 2 atom stereocenters. The Morgan fingerprint density at radius 3 is 2.28 bits per heavy atom. The monoisotopic (exact) mass is 402 g/mol. The van der Waals surface area contributed by atoms with E-state index in [1.807, 2.05) is 12.1 Å². The number of hydrogen-bond acceptors (Lipinski definition) is 6. The van der Waals surface area contributed by atoms with Crippen molar-refractivity contribution in [3.8, 4) is 5.75 Å². The van der Waals surface area contributed by atoms with Gasteiger partial charge in [-0.1, -0.05) is 25.0 Å². The van der Waals surface area contributed by atoms with Gasteiger partial charge in [0.2, 0.25) is 11.8 Å². The number of esters is 1. The number of benzene rings is 1. The Labute approximate surface area is 169 Å². The predicted molar refractivity (Wildman–Crippen MR) is 103 cm³/mol. The molecule has 1 saturated heterocycles. The van der Waals surface area contributed by atoms with Crippen LogP contribution in [0, 0.1) is 11.8 Å². The molecule has 3 rings (SSSR count). The van der Waals surface area contributed by atoms with Crippen molar-refractivity contribution in [2.24, 2.45) is 11.8 Å². The lowest BCUT2D eigenvalue weighted by atomic mass is 9.81. The summed E-state index contributed by atoms with van der Waals surface area (Å²) in [5, 5.41) is 2.66. The first-order valence-corrected chi connectivity index (χ1v) is 9.90. The van der Waals surface area contributed by atoms with E-state index >= 15 is 0 Å². The molecule has 1 aliphatic heterocycles. The first kappa shape index (κ1) is 20.8. The van der Waals surface area contributed by atoms with Gasteiger partial charge in [0.15, 0.2) is 6.61 Å². The molecule has 0 spiro atoms. The minimum atomic E-state index is -0.611. The zero-order chi connectivity index (χ0) is 20.8. The third-order valence-electron chi connectivity index (χ3n) is 5.48. The molecule has 8 nitrogen and oxygen atoms in total. The number of methoxy groups -OCH3 is 1. The molecule has 1 saturated carbocycles. The number of ether oxygens (including phenoxy) is 2. The largest absolute Gasteiger partial charge is 0.497 e. The second kappa shape index (κ2) is 9.54. The van der Waals surface area contributed by atoms with Crippen molar-refractivity contribution in [3.63, 3.8) is 0 Å². The molecule has 29 heavy (non-hydrogen) atoms. The molecule has 1 aromatic carbocycles. The van der Waals surface area contributed by atoms with Gasteiger partial charge >= 0.3 is 5.97 Å². The Bertz CT molecular complexity index is 752. The maximum Gasteiger partial charge on any atom is 0.308 e. The van der Waals surface area contributed by atoms with Gasteiger partial charge in [0.25, 0.3) is 5.91 Å². The summed E-state index contributed by atoms with van der Waals surface area (Å²) in [5.74, 6) is -1.11. The van der Waals surface area contributed by atoms with Crippen LogP contribution in [0.2, 0.25) is 0 Å². The normalized spacial score (nSPS) is 20.9. The Kier molecular flexibility index (Phi) is 6.85. The summed E-state index contributed by atoms with van der Waals surface area (Å²) in [4.78, 5) is 49.7. The average Bonchev–Trinajstić information content (AvgIpc) is 2.99. The summed E-state index contributed by atoms with van der Waals surface area (Å²) in [5.41, 5.74) is 0.887. The molecule has 1 aliphatic carbocycles. The van der Waals surface area contributed by atoms with Crippen LogP contribution in [0.25, 0.3) is 0 Å². The molecule has 8 heteroatoms. The Balaban J connectivity index is 1.36. The highest BCUT2D eigenvalue weighted by atomic mass is 16.5. The molecule has 0 radical (unpaired) electrons. The molecule has 0 unspecified atom stereocenters. The van der Waals surface area contributed by atoms with Crippen LogP contribution >= 0.6 is 0 Å². The van der Waals surface area contributed by atoms with Crippen molar-refractivity contribution in [1.82, 2.24) is 10.2 Å². The van der Waals surface area contributed by atoms with Crippen LogP contribution in [0.3, 0.4) is 0 Å². The maximum atomic E-state index is 12.4. The summed E-state index contributed by atoms with van der Waals surface area (Å²) in [6.07, 6.45) is 3.29. The summed E-state index contributed by atoms with van der Waals surface area (Å²) >= 11 is 0. The van der Waals surface area contributed by atoms with E-state index < -0.39 is 18.5 Å². The number of imide groups is 1. The van der Waals surface area contributed by atoms with Gasteiger partial charge in [0.05, 0.1) is 25.4 Å². The number of carbonyl (C=O) groups excluding carboxylic acids is 4. The van der Waals surface area contributed by atoms with Gasteiger partial charge in [-0.15, -0.1) is 0 Å². The average molecular weight is 402 g/mol. The molecule has 0 aromatic heterocycles. The molecule has 1 N–H and O–H groups in total. The number of hydrogen-bond donors (Lipinski definition) is 1. The van der Waals surface area contributed by atoms with Gasteiger partial charge in [0.1, 0.15) is 5.75 Å². The third-order valence-corrected chi connectivity index (χ3v) is 5.48. The van der Waals surface area contributed by atoms with Crippen molar-refractivity contribution in [2.75, 3.05) is 20.3 Å². The van der Waals surface area contributed by atoms with Gasteiger partial charge in [0, 0.05) is 13.1 Å². The van der Waals surface area contributed by atoms with E-state index in [4.69, 9.17) is 9.47 Å². The summed E-state index contributed by atoms with van der Waals surface area (Å²) in [6, 6.07) is 7.23. The van der Waals surface area contributed by atoms with Gasteiger partial charge in [-0.3, -0.25) is 24.1 Å². The summed E-state index contributed by atoms with van der Waals surface area (Å²) in [6.45, 7) is -0.0843. The van der Waals surface area contributed by atoms with Crippen molar-refractivity contribution in [2.45, 2.75) is 38.6 Å². The van der Waals surface area contributed by atoms with E-state index in [0.29, 0.717) is 6.54 Å². The lowest BCUT2D eigenvalue weighted by Crippen LogP contribution is -2.34. The Morgan fingerprint density at radius 2 is 1.69 bits per heavy atom. The number of amides is 3. The molecule has 0 bridgehead atoms. The van der Waals surface area contributed by atoms with Crippen LogP contribution in [-0.2, 0) is 30.5 Å². The minimum absolute atomic E-state index is 0.0109. The van der Waals surface area contributed by atoms with Gasteiger partial charge < -0.3 is 14.8 Å². The molecule has 1 aromatic rings. The number of rotatable bonds is 8. The lowest BCUT2D eigenvalue weighted by molar-refractivity contribution is -0.150. The second-order valence-electron chi connectivity index (χ2n) is 7.36. The fourth-order valence-corrected chi connectivity index (χ4v) is 3.87. The topological polar surface area (TPSA) is 102 Å². The highest BCUT2D eigenvalue weighted by molar-refractivity contribution is 6.05. The first-order valence-electron chi connectivity index (χ1n) is 9.90. The van der Waals surface area contributed by atoms with Crippen LogP contribution in [0.4, 0.5) is 0 Å². The minimum Gasteiger partial charge on any atom is -0.497 e. The van der Waals surface area contributed by atoms with Crippen molar-refractivity contribution >= 4 is 23.7 Å². The highest BCUT2D eigenvalue weighted by Crippen LogP contribution is 2.37. The molecular formula is C21H26N2O6. The summed E-state index contributed by atoms with van der Waals surface area (Å²) in [7, 11) is 1.58. The fourth-order valence-electron chi connectivity index (χ4n) is 3.87. The van der Waals surface area contributed by atoms with E-state index in [9.17, 15) is 19.2 Å². The standard InChI is InChI=1S/C21H26N2O6/c1-28-15-8-6-14(7-9-15)12-22-18(24)13-29-19(25)10-11-23-20(26)16-4-2-3-5-17(16)21(23)27/h6-9,16-17H,2-5,10-13H2,1H3,(H,22,24)/t16-,17-/m1/s1. The van der Waals surface area contributed by atoms with E-state index in [2.05, 4.69) is 5.32 Å². The molecular weight excluding hydrogens is 376 g/mol. The van der Waals surface area contributed by atoms with E-state index in [1.165, 1.54) is 4.90 Å². The van der Waals surface area contributed by atoms with Crippen LogP contribution in [-0.4, -0.2) is 48.9 Å². The fraction of sp³-hybridized carbons (Fsp3) is 0.524.